The molecule has 5 nitrogen and oxygen atoms in total. The fourth-order valence-corrected chi connectivity index (χ4v) is 2.93. The molecule has 1 aliphatic rings. The second kappa shape index (κ2) is 6.22. The molecule has 0 aromatic heterocycles. The van der Waals surface area contributed by atoms with Crippen LogP contribution >= 0.6 is 0 Å². The van der Waals surface area contributed by atoms with Crippen molar-refractivity contribution < 1.29 is 19.8 Å². The van der Waals surface area contributed by atoms with Gasteiger partial charge in [0.2, 0.25) is 0 Å². The number of aromatic hydroxyl groups is 1. The van der Waals surface area contributed by atoms with E-state index in [9.17, 15) is 14.7 Å². The summed E-state index contributed by atoms with van der Waals surface area (Å²) in [5, 5.41) is 22.1. The van der Waals surface area contributed by atoms with Crippen molar-refractivity contribution in [3.8, 4) is 16.9 Å². The van der Waals surface area contributed by atoms with Crippen LogP contribution in [0.4, 0.5) is 0 Å². The van der Waals surface area contributed by atoms with Crippen LogP contribution in [0.1, 0.15) is 27.1 Å². The van der Waals surface area contributed by atoms with Gasteiger partial charge >= 0.3 is 5.97 Å². The molecule has 0 bridgehead atoms. The van der Waals surface area contributed by atoms with Crippen molar-refractivity contribution in [2.75, 3.05) is 13.1 Å². The van der Waals surface area contributed by atoms with Gasteiger partial charge in [-0.1, -0.05) is 30.3 Å². The molecule has 2 aromatic rings. The number of hydrogen-bond donors (Lipinski definition) is 3. The molecule has 1 aliphatic heterocycles. The number of carbonyl (C=O) groups is 2. The van der Waals surface area contributed by atoms with Gasteiger partial charge in [-0.2, -0.15) is 0 Å². The van der Waals surface area contributed by atoms with E-state index >= 15 is 0 Å². The molecule has 1 fully saturated rings. The van der Waals surface area contributed by atoms with Crippen molar-refractivity contribution in [2.24, 2.45) is 5.92 Å². The summed E-state index contributed by atoms with van der Waals surface area (Å²) in [4.78, 5) is 23.7. The minimum Gasteiger partial charge on any atom is -0.507 e. The molecule has 1 heterocycles. The number of benzene rings is 2. The van der Waals surface area contributed by atoms with E-state index in [1.165, 1.54) is 12.1 Å². The first kappa shape index (κ1) is 15.2. The number of aromatic carboxylic acids is 1. The highest BCUT2D eigenvalue weighted by molar-refractivity contribution is 6.04. The summed E-state index contributed by atoms with van der Waals surface area (Å²) in [5.74, 6) is -1.45. The van der Waals surface area contributed by atoms with Gasteiger partial charge in [0.1, 0.15) is 11.3 Å². The van der Waals surface area contributed by atoms with Crippen LogP contribution in [0.5, 0.6) is 5.75 Å². The Morgan fingerprint density at radius 3 is 2.52 bits per heavy atom. The molecular weight excluding hydrogens is 294 g/mol. The summed E-state index contributed by atoms with van der Waals surface area (Å²) >= 11 is 0. The Morgan fingerprint density at radius 2 is 1.87 bits per heavy atom. The number of carboxylic acids is 1. The van der Waals surface area contributed by atoms with Gasteiger partial charge in [0, 0.05) is 18.0 Å². The van der Waals surface area contributed by atoms with Gasteiger partial charge in [-0.05, 0) is 36.2 Å². The number of rotatable bonds is 4. The van der Waals surface area contributed by atoms with Crippen LogP contribution < -0.4 is 5.32 Å². The standard InChI is InChI=1S/C18H17NO4/c20-16-9-11(5-6-15(16)18(22)23)13-3-1-2-4-14(13)17(21)12-7-8-19-10-12/h1-6,9,12,19-20H,7-8,10H2,(H,22,23). The highest BCUT2D eigenvalue weighted by Crippen LogP contribution is 2.31. The van der Waals surface area contributed by atoms with E-state index in [-0.39, 0.29) is 23.0 Å². The minimum absolute atomic E-state index is 0.0389. The molecule has 0 saturated carbocycles. The molecule has 3 rings (SSSR count). The molecular formula is C18H17NO4. The number of carboxylic acid groups (broad SMARTS) is 1. The molecule has 0 aliphatic carbocycles. The second-order valence-corrected chi connectivity index (χ2v) is 5.64. The highest BCUT2D eigenvalue weighted by atomic mass is 16.4. The molecule has 0 spiro atoms. The maximum atomic E-state index is 12.7. The molecule has 118 valence electrons. The Hall–Kier alpha value is -2.66. The molecule has 2 aromatic carbocycles. The van der Waals surface area contributed by atoms with Crippen molar-refractivity contribution >= 4 is 11.8 Å². The average molecular weight is 311 g/mol. The predicted molar refractivity (Wildman–Crippen MR) is 85.8 cm³/mol. The summed E-state index contributed by atoms with van der Waals surface area (Å²) in [5.41, 5.74) is 1.78. The van der Waals surface area contributed by atoms with E-state index in [0.717, 1.165) is 13.0 Å². The molecule has 1 atom stereocenters. The number of Topliss-reactive ketones (excluding diaryl/α,β-unsaturated/α-hetero) is 1. The van der Waals surface area contributed by atoms with Crippen molar-refractivity contribution in [1.82, 2.24) is 5.32 Å². The molecule has 0 amide bonds. The SMILES string of the molecule is O=C(O)c1ccc(-c2ccccc2C(=O)C2CCNC2)cc1O. The van der Waals surface area contributed by atoms with Gasteiger partial charge in [0.25, 0.3) is 0 Å². The van der Waals surface area contributed by atoms with Crippen LogP contribution in [-0.2, 0) is 0 Å². The molecule has 0 radical (unpaired) electrons. The number of ketones is 1. The summed E-state index contributed by atoms with van der Waals surface area (Å²) < 4.78 is 0. The fourth-order valence-electron chi connectivity index (χ4n) is 2.93. The zero-order valence-electron chi connectivity index (χ0n) is 12.5. The lowest BCUT2D eigenvalue weighted by Gasteiger charge is -2.13. The topological polar surface area (TPSA) is 86.6 Å². The smallest absolute Gasteiger partial charge is 0.339 e. The van der Waals surface area contributed by atoms with Crippen LogP contribution in [0.3, 0.4) is 0 Å². The summed E-state index contributed by atoms with van der Waals surface area (Å²) in [6, 6.07) is 11.6. The lowest BCUT2D eigenvalue weighted by molar-refractivity contribution is 0.0693. The highest BCUT2D eigenvalue weighted by Gasteiger charge is 2.25. The van der Waals surface area contributed by atoms with Crippen LogP contribution in [0.25, 0.3) is 11.1 Å². The van der Waals surface area contributed by atoms with E-state index < -0.39 is 5.97 Å². The van der Waals surface area contributed by atoms with Crippen molar-refractivity contribution in [1.29, 1.82) is 0 Å². The van der Waals surface area contributed by atoms with E-state index in [1.807, 2.05) is 18.2 Å². The average Bonchev–Trinajstić information content (AvgIpc) is 3.08. The van der Waals surface area contributed by atoms with Crippen molar-refractivity contribution in [3.63, 3.8) is 0 Å². The van der Waals surface area contributed by atoms with Gasteiger partial charge in [-0.25, -0.2) is 4.79 Å². The number of hydrogen-bond acceptors (Lipinski definition) is 4. The number of carbonyl (C=O) groups excluding carboxylic acids is 1. The molecule has 1 unspecified atom stereocenters. The fraction of sp³-hybridized carbons (Fsp3) is 0.222. The Balaban J connectivity index is 2.02. The van der Waals surface area contributed by atoms with E-state index in [2.05, 4.69) is 5.32 Å². The first-order chi connectivity index (χ1) is 11.1. The summed E-state index contributed by atoms with van der Waals surface area (Å²) in [6.07, 6.45) is 0.816. The summed E-state index contributed by atoms with van der Waals surface area (Å²) in [7, 11) is 0. The Labute approximate surface area is 133 Å². The quantitative estimate of drug-likeness (QED) is 0.755. The van der Waals surface area contributed by atoms with E-state index in [0.29, 0.717) is 23.2 Å². The lowest BCUT2D eigenvalue weighted by atomic mass is 9.90. The maximum Gasteiger partial charge on any atom is 0.339 e. The molecule has 1 saturated heterocycles. The molecule has 23 heavy (non-hydrogen) atoms. The third-order valence-corrected chi connectivity index (χ3v) is 4.16. The van der Waals surface area contributed by atoms with Gasteiger partial charge in [-0.3, -0.25) is 4.79 Å². The molecule has 5 heteroatoms. The first-order valence-corrected chi connectivity index (χ1v) is 7.48. The first-order valence-electron chi connectivity index (χ1n) is 7.48. The normalized spacial score (nSPS) is 17.1. The summed E-state index contributed by atoms with van der Waals surface area (Å²) in [6.45, 7) is 1.52. The van der Waals surface area contributed by atoms with Crippen LogP contribution in [0, 0.1) is 5.92 Å². The second-order valence-electron chi connectivity index (χ2n) is 5.64. The van der Waals surface area contributed by atoms with Gasteiger partial charge in [-0.15, -0.1) is 0 Å². The van der Waals surface area contributed by atoms with Gasteiger partial charge in [0.05, 0.1) is 0 Å². The Morgan fingerprint density at radius 1 is 1.09 bits per heavy atom. The van der Waals surface area contributed by atoms with Crippen LogP contribution in [0.2, 0.25) is 0 Å². The van der Waals surface area contributed by atoms with Gasteiger partial charge < -0.3 is 15.5 Å². The van der Waals surface area contributed by atoms with Crippen LogP contribution in [0.15, 0.2) is 42.5 Å². The maximum absolute atomic E-state index is 12.7. The van der Waals surface area contributed by atoms with Crippen molar-refractivity contribution in [3.05, 3.63) is 53.6 Å². The van der Waals surface area contributed by atoms with Crippen molar-refractivity contribution in [2.45, 2.75) is 6.42 Å². The third kappa shape index (κ3) is 2.96. The van der Waals surface area contributed by atoms with Gasteiger partial charge in [0.15, 0.2) is 5.78 Å². The van der Waals surface area contributed by atoms with E-state index in [1.54, 1.807) is 12.1 Å². The molecule has 3 N–H and O–H groups in total. The minimum atomic E-state index is -1.18. The number of nitrogens with one attached hydrogen (secondary N) is 1. The predicted octanol–water partition coefficient (Wildman–Crippen LogP) is 2.55. The Bertz CT molecular complexity index is 763. The Kier molecular flexibility index (Phi) is 4.12. The lowest BCUT2D eigenvalue weighted by Crippen LogP contribution is -2.18. The number of phenols is 1. The van der Waals surface area contributed by atoms with E-state index in [4.69, 9.17) is 5.11 Å². The zero-order chi connectivity index (χ0) is 16.4. The largest absolute Gasteiger partial charge is 0.507 e. The third-order valence-electron chi connectivity index (χ3n) is 4.16. The zero-order valence-corrected chi connectivity index (χ0v) is 12.5. The monoisotopic (exact) mass is 311 g/mol. The van der Waals surface area contributed by atoms with Crippen LogP contribution in [-0.4, -0.2) is 35.1 Å².